The molecule has 0 amide bonds. The van der Waals surface area contributed by atoms with Gasteiger partial charge in [-0.2, -0.15) is 0 Å². The van der Waals surface area contributed by atoms with Crippen molar-refractivity contribution in [1.82, 2.24) is 5.32 Å². The van der Waals surface area contributed by atoms with Crippen LogP contribution in [0.2, 0.25) is 0 Å². The van der Waals surface area contributed by atoms with Crippen molar-refractivity contribution in [3.8, 4) is 0 Å². The van der Waals surface area contributed by atoms with E-state index in [-0.39, 0.29) is 6.04 Å². The van der Waals surface area contributed by atoms with Crippen LogP contribution in [0.1, 0.15) is 18.4 Å². The number of halogens is 1. The molecule has 2 unspecified atom stereocenters. The number of nitrogens with one attached hydrogen (secondary N) is 1. The second-order valence-electron chi connectivity index (χ2n) is 5.33. The van der Waals surface area contributed by atoms with Gasteiger partial charge < -0.3 is 14.8 Å². The average molecular weight is 263 g/mol. The Morgan fingerprint density at radius 3 is 2.89 bits per heavy atom. The predicted molar refractivity (Wildman–Crippen MR) is 71.7 cm³/mol. The molecule has 1 heterocycles. The van der Waals surface area contributed by atoms with Gasteiger partial charge in [-0.05, 0) is 43.5 Å². The van der Waals surface area contributed by atoms with Crippen LogP contribution >= 0.6 is 0 Å². The molecule has 102 valence electrons. The van der Waals surface area contributed by atoms with Gasteiger partial charge in [0.2, 0.25) is 0 Å². The van der Waals surface area contributed by atoms with Crippen LogP contribution in [0.25, 0.3) is 11.0 Å². The van der Waals surface area contributed by atoms with Gasteiger partial charge in [0.15, 0.2) is 0 Å². The summed E-state index contributed by atoms with van der Waals surface area (Å²) in [6.07, 6.45) is 3.67. The van der Waals surface area contributed by atoms with E-state index in [0.29, 0.717) is 17.1 Å². The van der Waals surface area contributed by atoms with Crippen LogP contribution in [0.3, 0.4) is 0 Å². The Morgan fingerprint density at radius 1 is 1.47 bits per heavy atom. The molecule has 19 heavy (non-hydrogen) atoms. The van der Waals surface area contributed by atoms with E-state index in [4.69, 9.17) is 4.42 Å². The zero-order valence-corrected chi connectivity index (χ0v) is 10.9. The fourth-order valence-electron chi connectivity index (χ4n) is 2.86. The second-order valence-corrected chi connectivity index (χ2v) is 5.33. The summed E-state index contributed by atoms with van der Waals surface area (Å²) in [5.74, 6) is 0.345. The zero-order chi connectivity index (χ0) is 13.5. The highest BCUT2D eigenvalue weighted by Crippen LogP contribution is 2.41. The molecule has 3 rings (SSSR count). The van der Waals surface area contributed by atoms with E-state index in [1.807, 2.05) is 12.1 Å². The van der Waals surface area contributed by atoms with Crippen molar-refractivity contribution < 1.29 is 13.9 Å². The molecule has 2 aromatic rings. The third-order valence-electron chi connectivity index (χ3n) is 4.08. The molecule has 1 fully saturated rings. The van der Waals surface area contributed by atoms with Crippen LogP contribution in [0.15, 0.2) is 34.9 Å². The monoisotopic (exact) mass is 263 g/mol. The molecule has 1 aromatic heterocycles. The minimum absolute atomic E-state index is 0.259. The van der Waals surface area contributed by atoms with Crippen molar-refractivity contribution in [2.24, 2.45) is 5.92 Å². The lowest BCUT2D eigenvalue weighted by Gasteiger charge is -2.34. The van der Waals surface area contributed by atoms with Crippen molar-refractivity contribution in [3.63, 3.8) is 0 Å². The molecular weight excluding hydrogens is 245 g/mol. The first-order chi connectivity index (χ1) is 9.19. The van der Waals surface area contributed by atoms with Gasteiger partial charge in [-0.3, -0.25) is 0 Å². The van der Waals surface area contributed by atoms with Crippen LogP contribution in [0.4, 0.5) is 4.39 Å². The maximum Gasteiger partial charge on any atom is 0.134 e. The van der Waals surface area contributed by atoms with Gasteiger partial charge in [0, 0.05) is 11.4 Å². The highest BCUT2D eigenvalue weighted by Gasteiger charge is 2.46. The molecule has 2 atom stereocenters. The number of alkyl halides is 1. The Hall–Kier alpha value is -1.39. The van der Waals surface area contributed by atoms with Crippen molar-refractivity contribution >= 4 is 11.0 Å². The Balaban J connectivity index is 2.03. The molecule has 1 aliphatic rings. The third kappa shape index (κ3) is 2.05. The van der Waals surface area contributed by atoms with E-state index in [1.54, 1.807) is 25.4 Å². The molecule has 0 spiro atoms. The summed E-state index contributed by atoms with van der Waals surface area (Å²) < 4.78 is 18.9. The lowest BCUT2D eigenvalue weighted by molar-refractivity contribution is -0.0296. The van der Waals surface area contributed by atoms with Crippen LogP contribution < -0.4 is 5.32 Å². The number of rotatable bonds is 5. The number of aliphatic hydroxyl groups is 1. The average Bonchev–Trinajstić information content (AvgIpc) is 3.15. The lowest BCUT2D eigenvalue weighted by atomic mass is 9.84. The number of likely N-dealkylation sites (N-methyl/N-ethyl adjacent to an activating group) is 1. The van der Waals surface area contributed by atoms with Gasteiger partial charge in [-0.15, -0.1) is 0 Å². The number of hydrogen-bond donors (Lipinski definition) is 2. The van der Waals surface area contributed by atoms with Crippen LogP contribution in [0.5, 0.6) is 0 Å². The molecular formula is C15H18FNO2. The summed E-state index contributed by atoms with van der Waals surface area (Å²) in [5, 5.41) is 14.8. The highest BCUT2D eigenvalue weighted by atomic mass is 19.1. The minimum Gasteiger partial charge on any atom is -0.464 e. The van der Waals surface area contributed by atoms with Crippen molar-refractivity contribution in [3.05, 3.63) is 36.1 Å². The highest BCUT2D eigenvalue weighted by molar-refractivity contribution is 5.77. The van der Waals surface area contributed by atoms with Crippen LogP contribution in [0, 0.1) is 5.92 Å². The van der Waals surface area contributed by atoms with E-state index in [2.05, 4.69) is 5.32 Å². The third-order valence-corrected chi connectivity index (χ3v) is 4.08. The fraction of sp³-hybridized carbons (Fsp3) is 0.467. The largest absolute Gasteiger partial charge is 0.464 e. The Morgan fingerprint density at radius 2 is 2.26 bits per heavy atom. The summed E-state index contributed by atoms with van der Waals surface area (Å²) in [6.45, 7) is -0.804. The summed E-state index contributed by atoms with van der Waals surface area (Å²) in [6, 6.07) is 6.97. The molecule has 4 heteroatoms. The molecule has 0 saturated heterocycles. The smallest absolute Gasteiger partial charge is 0.134 e. The first-order valence-corrected chi connectivity index (χ1v) is 6.62. The minimum atomic E-state index is -1.49. The predicted octanol–water partition coefficient (Wildman–Crippen LogP) is 2.59. The molecule has 1 saturated carbocycles. The van der Waals surface area contributed by atoms with Gasteiger partial charge in [-0.25, -0.2) is 4.39 Å². The lowest BCUT2D eigenvalue weighted by Crippen LogP contribution is -2.50. The Labute approximate surface area is 111 Å². The van der Waals surface area contributed by atoms with E-state index >= 15 is 0 Å². The van der Waals surface area contributed by atoms with Crippen molar-refractivity contribution in [1.29, 1.82) is 0 Å². The van der Waals surface area contributed by atoms with Crippen LogP contribution in [-0.2, 0) is 5.60 Å². The first-order valence-electron chi connectivity index (χ1n) is 6.62. The van der Waals surface area contributed by atoms with Gasteiger partial charge in [-0.1, -0.05) is 12.1 Å². The second kappa shape index (κ2) is 4.62. The molecule has 1 aromatic carbocycles. The molecule has 0 aliphatic heterocycles. The summed E-state index contributed by atoms with van der Waals surface area (Å²) >= 11 is 0. The van der Waals surface area contributed by atoms with Crippen molar-refractivity contribution in [2.45, 2.75) is 24.5 Å². The summed E-state index contributed by atoms with van der Waals surface area (Å²) in [5.41, 5.74) is -0.240. The van der Waals surface area contributed by atoms with E-state index < -0.39 is 12.3 Å². The first kappa shape index (κ1) is 12.6. The van der Waals surface area contributed by atoms with Gasteiger partial charge in [0.05, 0.1) is 6.26 Å². The molecule has 1 aliphatic carbocycles. The van der Waals surface area contributed by atoms with Crippen LogP contribution in [-0.4, -0.2) is 24.9 Å². The number of benzene rings is 1. The van der Waals surface area contributed by atoms with Crippen molar-refractivity contribution in [2.75, 3.05) is 13.7 Å². The molecule has 2 N–H and O–H groups in total. The number of fused-ring (bicyclic) bond motifs is 1. The quantitative estimate of drug-likeness (QED) is 0.871. The van der Waals surface area contributed by atoms with Gasteiger partial charge in [0.1, 0.15) is 17.9 Å². The molecule has 3 nitrogen and oxygen atoms in total. The SMILES string of the molecule is CNC(C1CC1)C(O)(CF)c1ccc2ccoc2c1. The summed E-state index contributed by atoms with van der Waals surface area (Å²) in [4.78, 5) is 0. The Bertz CT molecular complexity index is 578. The standard InChI is InChI=1S/C15H18FNO2/c1-17-14(11-2-3-11)15(18,9-16)12-5-4-10-6-7-19-13(10)8-12/h4-8,11,14,17-18H,2-3,9H2,1H3. The summed E-state index contributed by atoms with van der Waals surface area (Å²) in [7, 11) is 1.77. The van der Waals surface area contributed by atoms with Gasteiger partial charge >= 0.3 is 0 Å². The van der Waals surface area contributed by atoms with E-state index in [9.17, 15) is 9.50 Å². The Kier molecular flexibility index (Phi) is 3.07. The topological polar surface area (TPSA) is 45.4 Å². The van der Waals surface area contributed by atoms with Gasteiger partial charge in [0.25, 0.3) is 0 Å². The van der Waals surface area contributed by atoms with E-state index in [0.717, 1.165) is 18.2 Å². The number of hydrogen-bond acceptors (Lipinski definition) is 3. The molecule has 0 bridgehead atoms. The zero-order valence-electron chi connectivity index (χ0n) is 10.9. The normalized spacial score (nSPS) is 20.4. The fourth-order valence-corrected chi connectivity index (χ4v) is 2.86. The maximum absolute atomic E-state index is 13.6. The van der Waals surface area contributed by atoms with E-state index in [1.165, 1.54) is 0 Å². The maximum atomic E-state index is 13.6. The number of furan rings is 1. The molecule has 0 radical (unpaired) electrons.